The lowest BCUT2D eigenvalue weighted by atomic mass is 9.99. The van der Waals surface area contributed by atoms with E-state index in [0.29, 0.717) is 30.9 Å². The maximum Gasteiger partial charge on any atom is 0.272 e. The van der Waals surface area contributed by atoms with Gasteiger partial charge in [-0.25, -0.2) is 9.67 Å². The van der Waals surface area contributed by atoms with Crippen molar-refractivity contribution in [2.75, 3.05) is 25.6 Å². The van der Waals surface area contributed by atoms with E-state index in [1.165, 1.54) is 6.20 Å². The lowest BCUT2D eigenvalue weighted by Crippen LogP contribution is -2.29. The first-order valence-electron chi connectivity index (χ1n) is 10.1. The molecule has 2 amide bonds. The average Bonchev–Trinajstić information content (AvgIpc) is 3.33. The van der Waals surface area contributed by atoms with Crippen molar-refractivity contribution >= 4 is 28.3 Å². The molecule has 0 fully saturated rings. The minimum Gasteiger partial charge on any atom is -0.383 e. The zero-order valence-corrected chi connectivity index (χ0v) is 17.5. The van der Waals surface area contributed by atoms with Crippen LogP contribution in [-0.2, 0) is 11.3 Å². The molecule has 0 spiro atoms. The number of anilines is 1. The van der Waals surface area contributed by atoms with Gasteiger partial charge in [-0.1, -0.05) is 35.5 Å². The number of methoxy groups -OCH3 is 1. The molecule has 0 aliphatic rings. The highest BCUT2D eigenvalue weighted by atomic mass is 16.5. The normalized spacial score (nSPS) is 10.8. The first kappa shape index (κ1) is 21.1. The Labute approximate surface area is 184 Å². The molecule has 2 aromatic carbocycles. The zero-order valence-electron chi connectivity index (χ0n) is 17.5. The fourth-order valence-electron chi connectivity index (χ4n) is 3.42. The quantitative estimate of drug-likeness (QED) is 0.416. The van der Waals surface area contributed by atoms with E-state index in [4.69, 9.17) is 4.74 Å². The molecule has 2 aromatic heterocycles. The second kappa shape index (κ2) is 9.80. The van der Waals surface area contributed by atoms with E-state index in [1.54, 1.807) is 42.4 Å². The summed E-state index contributed by atoms with van der Waals surface area (Å²) in [6.07, 6.45) is 4.92. The molecule has 162 valence electrons. The van der Waals surface area contributed by atoms with Crippen molar-refractivity contribution in [1.29, 1.82) is 0 Å². The number of benzene rings is 2. The van der Waals surface area contributed by atoms with Crippen LogP contribution in [0.5, 0.6) is 0 Å². The van der Waals surface area contributed by atoms with Crippen LogP contribution in [0.3, 0.4) is 0 Å². The maximum absolute atomic E-state index is 13.2. The number of aromatic nitrogens is 4. The number of carbonyl (C=O) groups is 2. The Morgan fingerprint density at radius 2 is 1.84 bits per heavy atom. The predicted octanol–water partition coefficient (Wildman–Crippen LogP) is 2.50. The highest BCUT2D eigenvalue weighted by Crippen LogP contribution is 2.25. The largest absolute Gasteiger partial charge is 0.383 e. The smallest absolute Gasteiger partial charge is 0.272 e. The molecule has 0 saturated carbocycles. The summed E-state index contributed by atoms with van der Waals surface area (Å²) in [7, 11) is 1.56. The van der Waals surface area contributed by atoms with E-state index in [0.717, 1.165) is 16.3 Å². The Hall–Kier alpha value is -4.11. The molecule has 0 radical (unpaired) electrons. The molecule has 0 atom stereocenters. The standard InChI is InChI=1S/C23H22N6O3/c1-32-14-12-25-23(31)21-20(7-4-10-24-21)27-22(30)19-9-8-16(15-29-13-11-26-28-29)17-5-2-3-6-18(17)19/h2-11,13H,12,14-15H2,1H3,(H,25,31)(H,27,30). The summed E-state index contributed by atoms with van der Waals surface area (Å²) in [6, 6.07) is 14.7. The van der Waals surface area contributed by atoms with Crippen molar-refractivity contribution in [3.63, 3.8) is 0 Å². The van der Waals surface area contributed by atoms with Crippen molar-refractivity contribution in [2.45, 2.75) is 6.54 Å². The van der Waals surface area contributed by atoms with Crippen molar-refractivity contribution in [3.05, 3.63) is 83.9 Å². The number of ether oxygens (including phenoxy) is 1. The van der Waals surface area contributed by atoms with Crippen LogP contribution >= 0.6 is 0 Å². The molecular weight excluding hydrogens is 408 g/mol. The minimum absolute atomic E-state index is 0.143. The summed E-state index contributed by atoms with van der Waals surface area (Å²) < 4.78 is 6.68. The second-order valence-corrected chi connectivity index (χ2v) is 7.02. The lowest BCUT2D eigenvalue weighted by molar-refractivity contribution is 0.0933. The lowest BCUT2D eigenvalue weighted by Gasteiger charge is -2.13. The summed E-state index contributed by atoms with van der Waals surface area (Å²) in [4.78, 5) is 29.8. The molecule has 0 aliphatic carbocycles. The Kier molecular flexibility index (Phi) is 6.47. The number of carbonyl (C=O) groups excluding carboxylic acids is 2. The van der Waals surface area contributed by atoms with Gasteiger partial charge in [-0.3, -0.25) is 9.59 Å². The van der Waals surface area contributed by atoms with Gasteiger partial charge < -0.3 is 15.4 Å². The fraction of sp³-hybridized carbons (Fsp3) is 0.174. The number of hydrogen-bond donors (Lipinski definition) is 2. The van der Waals surface area contributed by atoms with Crippen molar-refractivity contribution in [1.82, 2.24) is 25.3 Å². The molecule has 4 rings (SSSR count). The molecule has 9 nitrogen and oxygen atoms in total. The molecule has 4 aromatic rings. The van der Waals surface area contributed by atoms with Crippen molar-refractivity contribution in [3.8, 4) is 0 Å². The van der Waals surface area contributed by atoms with Crippen LogP contribution < -0.4 is 10.6 Å². The Bertz CT molecular complexity index is 1240. The van der Waals surface area contributed by atoms with E-state index in [-0.39, 0.29) is 17.5 Å². The van der Waals surface area contributed by atoms with Gasteiger partial charge in [0.05, 0.1) is 25.0 Å². The number of nitrogens with one attached hydrogen (secondary N) is 2. The number of pyridine rings is 1. The first-order chi connectivity index (χ1) is 15.7. The van der Waals surface area contributed by atoms with E-state index < -0.39 is 0 Å². The SMILES string of the molecule is COCCNC(=O)c1ncccc1NC(=O)c1ccc(Cn2ccnn2)c2ccccc12. The monoisotopic (exact) mass is 430 g/mol. The third-order valence-electron chi connectivity index (χ3n) is 4.93. The Balaban J connectivity index is 1.61. The summed E-state index contributed by atoms with van der Waals surface area (Å²) in [6.45, 7) is 1.27. The van der Waals surface area contributed by atoms with Crippen LogP contribution in [0.25, 0.3) is 10.8 Å². The van der Waals surface area contributed by atoms with Gasteiger partial charge in [0, 0.05) is 31.6 Å². The number of hydrogen-bond acceptors (Lipinski definition) is 6. The van der Waals surface area contributed by atoms with Gasteiger partial charge in [0.25, 0.3) is 11.8 Å². The van der Waals surface area contributed by atoms with Crippen LogP contribution in [-0.4, -0.2) is 52.1 Å². The Morgan fingerprint density at radius 1 is 1.00 bits per heavy atom. The number of fused-ring (bicyclic) bond motifs is 1. The zero-order chi connectivity index (χ0) is 22.3. The number of nitrogens with zero attached hydrogens (tertiary/aromatic N) is 4. The van der Waals surface area contributed by atoms with Gasteiger partial charge in [-0.05, 0) is 34.5 Å². The molecule has 0 bridgehead atoms. The summed E-state index contributed by atoms with van der Waals surface area (Å²) >= 11 is 0. The van der Waals surface area contributed by atoms with Crippen LogP contribution in [0, 0.1) is 0 Å². The third-order valence-corrected chi connectivity index (χ3v) is 4.93. The number of rotatable bonds is 8. The molecule has 9 heteroatoms. The highest BCUT2D eigenvalue weighted by molar-refractivity contribution is 6.15. The van der Waals surface area contributed by atoms with E-state index in [1.807, 2.05) is 30.3 Å². The second-order valence-electron chi connectivity index (χ2n) is 7.02. The van der Waals surface area contributed by atoms with Gasteiger partial charge in [0.1, 0.15) is 0 Å². The highest BCUT2D eigenvalue weighted by Gasteiger charge is 2.17. The van der Waals surface area contributed by atoms with Gasteiger partial charge in [0.2, 0.25) is 0 Å². The molecule has 2 N–H and O–H groups in total. The van der Waals surface area contributed by atoms with Gasteiger partial charge >= 0.3 is 0 Å². The average molecular weight is 430 g/mol. The summed E-state index contributed by atoms with van der Waals surface area (Å²) in [5.41, 5.74) is 1.99. The molecule has 0 aliphatic heterocycles. The molecular formula is C23H22N6O3. The van der Waals surface area contributed by atoms with E-state index in [9.17, 15) is 9.59 Å². The summed E-state index contributed by atoms with van der Waals surface area (Å²) in [5, 5.41) is 15.2. The molecule has 0 unspecified atom stereocenters. The van der Waals surface area contributed by atoms with Gasteiger partial charge in [-0.15, -0.1) is 5.10 Å². The topological polar surface area (TPSA) is 111 Å². The van der Waals surface area contributed by atoms with Gasteiger partial charge in [-0.2, -0.15) is 0 Å². The van der Waals surface area contributed by atoms with Gasteiger partial charge in [0.15, 0.2) is 5.69 Å². The van der Waals surface area contributed by atoms with Crippen molar-refractivity contribution < 1.29 is 14.3 Å². The first-order valence-corrected chi connectivity index (χ1v) is 10.1. The van der Waals surface area contributed by atoms with E-state index >= 15 is 0 Å². The summed E-state index contributed by atoms with van der Waals surface area (Å²) in [5.74, 6) is -0.710. The van der Waals surface area contributed by atoms with Crippen LogP contribution in [0.2, 0.25) is 0 Å². The predicted molar refractivity (Wildman–Crippen MR) is 119 cm³/mol. The van der Waals surface area contributed by atoms with Crippen LogP contribution in [0.4, 0.5) is 5.69 Å². The van der Waals surface area contributed by atoms with Crippen molar-refractivity contribution in [2.24, 2.45) is 0 Å². The third kappa shape index (κ3) is 4.62. The minimum atomic E-state index is -0.383. The maximum atomic E-state index is 13.2. The molecule has 2 heterocycles. The van der Waals surface area contributed by atoms with Crippen LogP contribution in [0.1, 0.15) is 26.4 Å². The molecule has 0 saturated heterocycles. The Morgan fingerprint density at radius 3 is 2.62 bits per heavy atom. The van der Waals surface area contributed by atoms with Crippen LogP contribution in [0.15, 0.2) is 67.1 Å². The number of amides is 2. The molecule has 32 heavy (non-hydrogen) atoms. The fourth-order valence-corrected chi connectivity index (χ4v) is 3.42. The van der Waals surface area contributed by atoms with E-state index in [2.05, 4.69) is 25.9 Å².